The molecule has 2 aromatic carbocycles. The molecule has 6 heteroatoms. The lowest BCUT2D eigenvalue weighted by molar-refractivity contribution is 0.285. The molecule has 124 valence electrons. The van der Waals surface area contributed by atoms with E-state index in [9.17, 15) is 8.42 Å². The molecule has 24 heavy (non-hydrogen) atoms. The lowest BCUT2D eigenvalue weighted by atomic mass is 10.1. The summed E-state index contributed by atoms with van der Waals surface area (Å²) in [6, 6.07) is 16.1. The summed E-state index contributed by atoms with van der Waals surface area (Å²) in [6.45, 7) is -0.0544. The van der Waals surface area contributed by atoms with E-state index < -0.39 is 9.84 Å². The molecule has 0 radical (unpaired) electrons. The van der Waals surface area contributed by atoms with E-state index in [4.69, 9.17) is 9.52 Å². The third-order valence-corrected chi connectivity index (χ3v) is 4.72. The monoisotopic (exact) mass is 343 g/mol. The first-order chi connectivity index (χ1) is 11.5. The van der Waals surface area contributed by atoms with Gasteiger partial charge in [0.05, 0.1) is 11.5 Å². The lowest BCUT2D eigenvalue weighted by Gasteiger charge is -2.03. The van der Waals surface area contributed by atoms with Gasteiger partial charge in [-0.15, -0.1) is 0 Å². The van der Waals surface area contributed by atoms with E-state index in [1.54, 1.807) is 24.3 Å². The quantitative estimate of drug-likeness (QED) is 0.770. The second-order valence-electron chi connectivity index (χ2n) is 5.42. The van der Waals surface area contributed by atoms with Crippen LogP contribution in [0.1, 0.15) is 5.89 Å². The standard InChI is InChI=1S/C18H17NO4S/c1-24(21,22)15-9-7-13(8-10-15)17-18(14-5-3-2-4-6-14)23-16(19-17)11-12-20/h2-10,20H,11-12H2,1H3. The molecule has 0 bridgehead atoms. The van der Waals surface area contributed by atoms with Gasteiger partial charge in [0, 0.05) is 23.8 Å². The number of rotatable bonds is 5. The van der Waals surface area contributed by atoms with Gasteiger partial charge in [-0.2, -0.15) is 0 Å². The van der Waals surface area contributed by atoms with Gasteiger partial charge in [-0.25, -0.2) is 13.4 Å². The fraction of sp³-hybridized carbons (Fsp3) is 0.167. The average Bonchev–Trinajstić information content (AvgIpc) is 2.99. The zero-order valence-electron chi connectivity index (χ0n) is 13.1. The molecule has 0 aliphatic carbocycles. The Labute approximate surface area is 140 Å². The van der Waals surface area contributed by atoms with Crippen LogP contribution in [0.15, 0.2) is 63.9 Å². The molecule has 1 heterocycles. The van der Waals surface area contributed by atoms with E-state index in [1.165, 1.54) is 6.26 Å². The van der Waals surface area contributed by atoms with E-state index in [0.717, 1.165) is 11.1 Å². The Morgan fingerprint density at radius 2 is 1.67 bits per heavy atom. The summed E-state index contributed by atoms with van der Waals surface area (Å²) in [5.41, 5.74) is 2.26. The van der Waals surface area contributed by atoms with E-state index in [2.05, 4.69) is 4.98 Å². The number of sulfone groups is 1. The minimum atomic E-state index is -3.24. The number of hydrogen-bond donors (Lipinski definition) is 1. The van der Waals surface area contributed by atoms with Crippen molar-refractivity contribution in [3.63, 3.8) is 0 Å². The fourth-order valence-electron chi connectivity index (χ4n) is 2.41. The van der Waals surface area contributed by atoms with E-state index >= 15 is 0 Å². The molecule has 0 spiro atoms. The maximum Gasteiger partial charge on any atom is 0.197 e. The molecule has 0 atom stereocenters. The van der Waals surface area contributed by atoms with Crippen LogP contribution in [0.5, 0.6) is 0 Å². The minimum absolute atomic E-state index is 0.0544. The van der Waals surface area contributed by atoms with Crippen LogP contribution in [0.3, 0.4) is 0 Å². The molecule has 1 aromatic heterocycles. The van der Waals surface area contributed by atoms with Gasteiger partial charge in [0.1, 0.15) is 5.69 Å². The molecule has 0 fully saturated rings. The van der Waals surface area contributed by atoms with Gasteiger partial charge in [-0.3, -0.25) is 0 Å². The molecule has 0 aliphatic rings. The van der Waals surface area contributed by atoms with Crippen molar-refractivity contribution >= 4 is 9.84 Å². The van der Waals surface area contributed by atoms with Gasteiger partial charge >= 0.3 is 0 Å². The van der Waals surface area contributed by atoms with Gasteiger partial charge in [0.2, 0.25) is 0 Å². The normalized spacial score (nSPS) is 11.6. The van der Waals surface area contributed by atoms with Crippen LogP contribution in [0.4, 0.5) is 0 Å². The number of hydrogen-bond acceptors (Lipinski definition) is 5. The lowest BCUT2D eigenvalue weighted by Crippen LogP contribution is -1.96. The van der Waals surface area contributed by atoms with Crippen LogP contribution < -0.4 is 0 Å². The number of aliphatic hydroxyl groups is 1. The molecule has 3 aromatic rings. The zero-order chi connectivity index (χ0) is 17.2. The summed E-state index contributed by atoms with van der Waals surface area (Å²) in [5.74, 6) is 1.05. The molecular formula is C18H17NO4S. The van der Waals surface area contributed by atoms with Crippen molar-refractivity contribution in [2.45, 2.75) is 11.3 Å². The topological polar surface area (TPSA) is 80.4 Å². The fourth-order valence-corrected chi connectivity index (χ4v) is 3.04. The Kier molecular flexibility index (Phi) is 4.51. The third-order valence-electron chi connectivity index (χ3n) is 3.59. The largest absolute Gasteiger partial charge is 0.440 e. The maximum absolute atomic E-state index is 11.6. The van der Waals surface area contributed by atoms with Crippen molar-refractivity contribution in [3.8, 4) is 22.6 Å². The Balaban J connectivity index is 2.09. The highest BCUT2D eigenvalue weighted by Gasteiger charge is 2.17. The zero-order valence-corrected chi connectivity index (χ0v) is 14.0. The number of aromatic nitrogens is 1. The molecule has 5 nitrogen and oxygen atoms in total. The predicted molar refractivity (Wildman–Crippen MR) is 91.3 cm³/mol. The molecular weight excluding hydrogens is 326 g/mol. The first kappa shape index (κ1) is 16.4. The molecule has 0 unspecified atom stereocenters. The van der Waals surface area contributed by atoms with Crippen molar-refractivity contribution < 1.29 is 17.9 Å². The summed E-state index contributed by atoms with van der Waals surface area (Å²) >= 11 is 0. The molecule has 0 amide bonds. The smallest absolute Gasteiger partial charge is 0.197 e. The molecule has 1 N–H and O–H groups in total. The van der Waals surface area contributed by atoms with Crippen LogP contribution in [0, 0.1) is 0 Å². The van der Waals surface area contributed by atoms with Crippen molar-refractivity contribution in [1.29, 1.82) is 0 Å². The highest BCUT2D eigenvalue weighted by molar-refractivity contribution is 7.90. The van der Waals surface area contributed by atoms with Gasteiger partial charge in [-0.05, 0) is 12.1 Å². The van der Waals surface area contributed by atoms with Crippen LogP contribution in [-0.4, -0.2) is 31.4 Å². The second kappa shape index (κ2) is 6.59. The summed E-state index contributed by atoms with van der Waals surface area (Å²) in [6.07, 6.45) is 1.49. The highest BCUT2D eigenvalue weighted by atomic mass is 32.2. The van der Waals surface area contributed by atoms with Crippen molar-refractivity contribution in [2.75, 3.05) is 12.9 Å². The van der Waals surface area contributed by atoms with Crippen molar-refractivity contribution in [1.82, 2.24) is 4.98 Å². The summed E-state index contributed by atoms with van der Waals surface area (Å²) < 4.78 is 29.0. The molecule has 0 saturated heterocycles. The maximum atomic E-state index is 11.6. The number of oxazole rings is 1. The number of aliphatic hydroxyl groups excluding tert-OH is 1. The van der Waals surface area contributed by atoms with Gasteiger partial charge in [0.15, 0.2) is 21.5 Å². The van der Waals surface area contributed by atoms with Gasteiger partial charge in [0.25, 0.3) is 0 Å². The van der Waals surface area contributed by atoms with Crippen molar-refractivity contribution in [2.24, 2.45) is 0 Å². The Bertz CT molecular complexity index is 929. The van der Waals surface area contributed by atoms with Crippen LogP contribution in [0.2, 0.25) is 0 Å². The van der Waals surface area contributed by atoms with Crippen LogP contribution >= 0.6 is 0 Å². The second-order valence-corrected chi connectivity index (χ2v) is 7.44. The predicted octanol–water partition coefficient (Wildman–Crippen LogP) is 2.95. The Morgan fingerprint density at radius 3 is 2.25 bits per heavy atom. The van der Waals surface area contributed by atoms with Gasteiger partial charge in [-0.1, -0.05) is 42.5 Å². The molecule has 0 aliphatic heterocycles. The Hall–Kier alpha value is -2.44. The third kappa shape index (κ3) is 3.39. The number of benzene rings is 2. The molecule has 0 saturated carbocycles. The average molecular weight is 343 g/mol. The summed E-state index contributed by atoms with van der Waals surface area (Å²) in [4.78, 5) is 4.72. The Morgan fingerprint density at radius 1 is 1.00 bits per heavy atom. The van der Waals surface area contributed by atoms with Gasteiger partial charge < -0.3 is 9.52 Å². The van der Waals surface area contributed by atoms with E-state index in [-0.39, 0.29) is 11.5 Å². The van der Waals surface area contributed by atoms with Crippen LogP contribution in [-0.2, 0) is 16.3 Å². The SMILES string of the molecule is CS(=O)(=O)c1ccc(-c2nc(CCO)oc2-c2ccccc2)cc1. The summed E-state index contributed by atoms with van der Waals surface area (Å²) in [7, 11) is -3.24. The first-order valence-corrected chi connectivity index (χ1v) is 9.34. The first-order valence-electron chi connectivity index (χ1n) is 7.45. The van der Waals surface area contributed by atoms with Crippen LogP contribution in [0.25, 0.3) is 22.6 Å². The van der Waals surface area contributed by atoms with Crippen molar-refractivity contribution in [3.05, 3.63) is 60.5 Å². The molecule has 3 rings (SSSR count). The van der Waals surface area contributed by atoms with E-state index in [0.29, 0.717) is 23.8 Å². The minimum Gasteiger partial charge on any atom is -0.440 e. The van der Waals surface area contributed by atoms with E-state index in [1.807, 2.05) is 30.3 Å². The summed E-state index contributed by atoms with van der Waals surface area (Å²) in [5, 5.41) is 9.12. The highest BCUT2D eigenvalue weighted by Crippen LogP contribution is 2.33. The number of nitrogens with zero attached hydrogens (tertiary/aromatic N) is 1.